The molecule has 2 aromatic carbocycles. The molecule has 0 atom stereocenters. The number of rotatable bonds is 6. The van der Waals surface area contributed by atoms with Crippen molar-refractivity contribution in [3.8, 4) is 11.5 Å². The van der Waals surface area contributed by atoms with Crippen molar-refractivity contribution < 1.29 is 14.3 Å². The summed E-state index contributed by atoms with van der Waals surface area (Å²) in [6.07, 6.45) is 0. The molecule has 0 aliphatic rings. The Morgan fingerprint density at radius 2 is 1.83 bits per heavy atom. The molecule has 0 saturated carbocycles. The second-order valence-corrected chi connectivity index (χ2v) is 5.53. The first-order valence-corrected chi connectivity index (χ1v) is 8.15. The predicted molar refractivity (Wildman–Crippen MR) is 95.6 cm³/mol. The molecule has 2 aromatic rings. The third kappa shape index (κ3) is 5.17. The number of nitrogens with one attached hydrogen (secondary N) is 2. The van der Waals surface area contributed by atoms with Crippen LogP contribution in [0.15, 0.2) is 46.9 Å². The highest BCUT2D eigenvalue weighted by Crippen LogP contribution is 2.29. The Bertz CT molecular complexity index is 677. The van der Waals surface area contributed by atoms with Crippen LogP contribution >= 0.6 is 15.9 Å². The van der Waals surface area contributed by atoms with E-state index in [0.717, 1.165) is 4.47 Å². The lowest BCUT2D eigenvalue weighted by molar-refractivity contribution is 0.262. The van der Waals surface area contributed by atoms with E-state index in [4.69, 9.17) is 9.47 Å². The smallest absolute Gasteiger partial charge is 0.323 e. The summed E-state index contributed by atoms with van der Waals surface area (Å²) in [5.41, 5.74) is 1.25. The SMILES string of the molecule is CCOc1ccc(OCC)c(NC(=O)Nc2cccc(Br)c2)c1. The van der Waals surface area contributed by atoms with Gasteiger partial charge in [-0.15, -0.1) is 0 Å². The molecule has 6 heteroatoms. The predicted octanol–water partition coefficient (Wildman–Crippen LogP) is 4.89. The van der Waals surface area contributed by atoms with Crippen LogP contribution in [0.4, 0.5) is 16.2 Å². The summed E-state index contributed by atoms with van der Waals surface area (Å²) in [6.45, 7) is 4.86. The van der Waals surface area contributed by atoms with Crippen LogP contribution < -0.4 is 20.1 Å². The number of carbonyl (C=O) groups excluding carboxylic acids is 1. The van der Waals surface area contributed by atoms with Crippen LogP contribution in [0.1, 0.15) is 13.8 Å². The average molecular weight is 379 g/mol. The van der Waals surface area contributed by atoms with Gasteiger partial charge in [-0.25, -0.2) is 4.79 Å². The maximum absolute atomic E-state index is 12.2. The zero-order chi connectivity index (χ0) is 16.7. The van der Waals surface area contributed by atoms with Crippen LogP contribution in [-0.4, -0.2) is 19.2 Å². The summed E-state index contributed by atoms with van der Waals surface area (Å²) in [7, 11) is 0. The van der Waals surface area contributed by atoms with E-state index in [0.29, 0.717) is 36.1 Å². The molecule has 0 aromatic heterocycles. The molecule has 0 fully saturated rings. The Balaban J connectivity index is 2.13. The van der Waals surface area contributed by atoms with Gasteiger partial charge in [-0.1, -0.05) is 22.0 Å². The van der Waals surface area contributed by atoms with E-state index in [9.17, 15) is 4.79 Å². The van der Waals surface area contributed by atoms with E-state index in [-0.39, 0.29) is 6.03 Å². The summed E-state index contributed by atoms with van der Waals surface area (Å²) in [5.74, 6) is 1.27. The van der Waals surface area contributed by atoms with Gasteiger partial charge in [0.1, 0.15) is 11.5 Å². The second-order valence-electron chi connectivity index (χ2n) is 4.61. The van der Waals surface area contributed by atoms with Gasteiger partial charge >= 0.3 is 6.03 Å². The van der Waals surface area contributed by atoms with Crippen molar-refractivity contribution in [2.45, 2.75) is 13.8 Å². The minimum absolute atomic E-state index is 0.349. The number of ether oxygens (including phenoxy) is 2. The van der Waals surface area contributed by atoms with Crippen molar-refractivity contribution in [3.05, 3.63) is 46.9 Å². The Hall–Kier alpha value is -2.21. The van der Waals surface area contributed by atoms with Crippen LogP contribution in [0.25, 0.3) is 0 Å². The van der Waals surface area contributed by atoms with Gasteiger partial charge in [0.25, 0.3) is 0 Å². The lowest BCUT2D eigenvalue weighted by Crippen LogP contribution is -2.20. The third-order valence-electron chi connectivity index (χ3n) is 2.89. The Morgan fingerprint density at radius 3 is 2.52 bits per heavy atom. The van der Waals surface area contributed by atoms with Crippen LogP contribution in [0.2, 0.25) is 0 Å². The maximum Gasteiger partial charge on any atom is 0.323 e. The molecule has 2 N–H and O–H groups in total. The van der Waals surface area contributed by atoms with E-state index in [2.05, 4.69) is 26.6 Å². The number of halogens is 1. The Kier molecular flexibility index (Phi) is 6.29. The molecular weight excluding hydrogens is 360 g/mol. The molecule has 0 unspecified atom stereocenters. The molecule has 122 valence electrons. The van der Waals surface area contributed by atoms with Crippen LogP contribution in [0.5, 0.6) is 11.5 Å². The zero-order valence-corrected chi connectivity index (χ0v) is 14.6. The largest absolute Gasteiger partial charge is 0.494 e. The van der Waals surface area contributed by atoms with Gasteiger partial charge in [-0.2, -0.15) is 0 Å². The standard InChI is InChI=1S/C17H19BrN2O3/c1-3-22-14-8-9-16(23-4-2)15(11-14)20-17(21)19-13-7-5-6-12(18)10-13/h5-11H,3-4H2,1-2H3,(H2,19,20,21). The molecule has 23 heavy (non-hydrogen) atoms. The van der Waals surface area contributed by atoms with Gasteiger partial charge in [0.05, 0.1) is 18.9 Å². The van der Waals surface area contributed by atoms with Crippen molar-refractivity contribution in [1.82, 2.24) is 0 Å². The van der Waals surface area contributed by atoms with Gasteiger partial charge in [0.15, 0.2) is 0 Å². The second kappa shape index (κ2) is 8.43. The normalized spacial score (nSPS) is 10.0. The Labute approximate surface area is 144 Å². The number of hydrogen-bond acceptors (Lipinski definition) is 3. The fourth-order valence-corrected chi connectivity index (χ4v) is 2.39. The topological polar surface area (TPSA) is 59.6 Å². The van der Waals surface area contributed by atoms with Gasteiger partial charge in [0, 0.05) is 16.2 Å². The van der Waals surface area contributed by atoms with E-state index < -0.39 is 0 Å². The molecule has 0 radical (unpaired) electrons. The summed E-state index contributed by atoms with van der Waals surface area (Å²) in [4.78, 5) is 12.2. The average Bonchev–Trinajstić information content (AvgIpc) is 2.50. The summed E-state index contributed by atoms with van der Waals surface area (Å²) < 4.78 is 11.9. The number of carbonyl (C=O) groups is 1. The monoisotopic (exact) mass is 378 g/mol. The highest BCUT2D eigenvalue weighted by molar-refractivity contribution is 9.10. The number of anilines is 2. The fraction of sp³-hybridized carbons (Fsp3) is 0.235. The van der Waals surface area contributed by atoms with E-state index in [1.165, 1.54) is 0 Å². The lowest BCUT2D eigenvalue weighted by Gasteiger charge is -2.14. The van der Waals surface area contributed by atoms with Crippen molar-refractivity contribution in [1.29, 1.82) is 0 Å². The van der Waals surface area contributed by atoms with Crippen molar-refractivity contribution in [2.75, 3.05) is 23.8 Å². The minimum Gasteiger partial charge on any atom is -0.494 e. The minimum atomic E-state index is -0.349. The summed E-state index contributed by atoms with van der Waals surface area (Å²) in [6, 6.07) is 12.4. The molecule has 0 heterocycles. The number of benzene rings is 2. The van der Waals surface area contributed by atoms with E-state index >= 15 is 0 Å². The number of hydrogen-bond donors (Lipinski definition) is 2. The first-order chi connectivity index (χ1) is 11.1. The van der Waals surface area contributed by atoms with Crippen LogP contribution in [-0.2, 0) is 0 Å². The maximum atomic E-state index is 12.2. The van der Waals surface area contributed by atoms with Crippen LogP contribution in [0.3, 0.4) is 0 Å². The number of amides is 2. The fourth-order valence-electron chi connectivity index (χ4n) is 2.00. The molecule has 0 aliphatic heterocycles. The molecule has 0 spiro atoms. The first kappa shape index (κ1) is 17.1. The molecule has 5 nitrogen and oxygen atoms in total. The molecule has 2 rings (SSSR count). The third-order valence-corrected chi connectivity index (χ3v) is 3.39. The van der Waals surface area contributed by atoms with Gasteiger partial charge in [-0.05, 0) is 44.2 Å². The van der Waals surface area contributed by atoms with Crippen molar-refractivity contribution in [2.24, 2.45) is 0 Å². The van der Waals surface area contributed by atoms with Crippen molar-refractivity contribution in [3.63, 3.8) is 0 Å². The number of urea groups is 1. The zero-order valence-electron chi connectivity index (χ0n) is 13.1. The van der Waals surface area contributed by atoms with Gasteiger partial charge < -0.3 is 20.1 Å². The van der Waals surface area contributed by atoms with Gasteiger partial charge in [-0.3, -0.25) is 0 Å². The lowest BCUT2D eigenvalue weighted by atomic mass is 10.2. The quantitative estimate of drug-likeness (QED) is 0.751. The molecule has 0 aliphatic carbocycles. The van der Waals surface area contributed by atoms with Crippen molar-refractivity contribution >= 4 is 33.3 Å². The van der Waals surface area contributed by atoms with Gasteiger partial charge in [0.2, 0.25) is 0 Å². The first-order valence-electron chi connectivity index (χ1n) is 7.35. The van der Waals surface area contributed by atoms with Crippen LogP contribution in [0, 0.1) is 0 Å². The molecular formula is C17H19BrN2O3. The molecule has 0 bridgehead atoms. The highest BCUT2D eigenvalue weighted by Gasteiger charge is 2.10. The Morgan fingerprint density at radius 1 is 1.04 bits per heavy atom. The molecule has 2 amide bonds. The summed E-state index contributed by atoms with van der Waals surface area (Å²) >= 11 is 3.37. The summed E-state index contributed by atoms with van der Waals surface area (Å²) in [5, 5.41) is 5.57. The highest BCUT2D eigenvalue weighted by atomic mass is 79.9. The van der Waals surface area contributed by atoms with E-state index in [1.54, 1.807) is 12.1 Å². The molecule has 0 saturated heterocycles. The van der Waals surface area contributed by atoms with E-state index in [1.807, 2.05) is 44.2 Å².